The Morgan fingerprint density at radius 2 is 1.65 bits per heavy atom. The number of hydrogen-bond donors (Lipinski definition) is 1. The van der Waals surface area contributed by atoms with Crippen molar-refractivity contribution in [3.05, 3.63) is 29.8 Å². The van der Waals surface area contributed by atoms with E-state index >= 15 is 0 Å². The van der Waals surface area contributed by atoms with Crippen LogP contribution in [0.5, 0.6) is 0 Å². The van der Waals surface area contributed by atoms with Crippen molar-refractivity contribution in [3.8, 4) is 0 Å². The van der Waals surface area contributed by atoms with Gasteiger partial charge in [0.2, 0.25) is 10.0 Å². The average Bonchev–Trinajstić information content (AvgIpc) is 2.38. The number of benzene rings is 1. The number of rotatable bonds is 3. The van der Waals surface area contributed by atoms with Crippen LogP contribution >= 0.6 is 0 Å². The van der Waals surface area contributed by atoms with Crippen LogP contribution in [-0.4, -0.2) is 50.8 Å². The minimum absolute atomic E-state index is 0.0111. The first-order valence-corrected chi connectivity index (χ1v) is 9.47. The van der Waals surface area contributed by atoms with Crippen LogP contribution in [0.15, 0.2) is 29.2 Å². The number of aliphatic hydroxyl groups excluding tert-OH is 1. The second-order valence-electron chi connectivity index (χ2n) is 4.80. The molecule has 20 heavy (non-hydrogen) atoms. The van der Waals surface area contributed by atoms with E-state index in [1.165, 1.54) is 16.4 Å². The lowest BCUT2D eigenvalue weighted by Crippen LogP contribution is -2.43. The Kier molecular flexibility index (Phi) is 4.19. The molecule has 0 spiro atoms. The smallest absolute Gasteiger partial charge is 0.243 e. The third-order valence-electron chi connectivity index (χ3n) is 3.30. The summed E-state index contributed by atoms with van der Waals surface area (Å²) in [5, 5.41) is 9.40. The fourth-order valence-electron chi connectivity index (χ4n) is 2.00. The van der Waals surface area contributed by atoms with Gasteiger partial charge in [-0.1, -0.05) is 12.1 Å². The Bertz CT molecular complexity index is 663. The second-order valence-corrected chi connectivity index (χ2v) is 9.04. The largest absolute Gasteiger partial charge is 0.389 e. The van der Waals surface area contributed by atoms with E-state index in [0.29, 0.717) is 5.56 Å². The van der Waals surface area contributed by atoms with Crippen molar-refractivity contribution in [3.63, 3.8) is 0 Å². The molecule has 1 atom stereocenters. The van der Waals surface area contributed by atoms with Gasteiger partial charge in [0.15, 0.2) is 9.84 Å². The molecule has 1 N–H and O–H groups in total. The molecule has 1 aliphatic heterocycles. The Hall–Kier alpha value is -0.960. The van der Waals surface area contributed by atoms with Gasteiger partial charge in [-0.15, -0.1) is 0 Å². The summed E-state index contributed by atoms with van der Waals surface area (Å²) in [6, 6.07) is 5.97. The van der Waals surface area contributed by atoms with E-state index < -0.39 is 26.0 Å². The van der Waals surface area contributed by atoms with Crippen molar-refractivity contribution in [2.24, 2.45) is 0 Å². The zero-order valence-electron chi connectivity index (χ0n) is 11.1. The standard InChI is InChI=1S/C12H17NO5S2/c1-10(14)11-2-4-12(5-3-11)20(17,18)13-6-8-19(15,16)9-7-13/h2-5,10,14H,6-9H2,1H3. The quantitative estimate of drug-likeness (QED) is 0.857. The van der Waals surface area contributed by atoms with Gasteiger partial charge < -0.3 is 5.11 Å². The van der Waals surface area contributed by atoms with Crippen LogP contribution in [0, 0.1) is 0 Å². The molecule has 8 heteroatoms. The van der Waals surface area contributed by atoms with Crippen LogP contribution in [0.1, 0.15) is 18.6 Å². The molecule has 1 aromatic carbocycles. The molecular weight excluding hydrogens is 302 g/mol. The minimum Gasteiger partial charge on any atom is -0.389 e. The lowest BCUT2D eigenvalue weighted by Gasteiger charge is -2.26. The molecule has 0 aliphatic carbocycles. The Labute approximate surface area is 119 Å². The molecule has 0 aromatic heterocycles. The van der Waals surface area contributed by atoms with Crippen LogP contribution in [0.2, 0.25) is 0 Å². The van der Waals surface area contributed by atoms with Gasteiger partial charge >= 0.3 is 0 Å². The molecule has 0 saturated carbocycles. The highest BCUT2D eigenvalue weighted by molar-refractivity contribution is 7.92. The molecule has 1 aromatic rings. The summed E-state index contributed by atoms with van der Waals surface area (Å²) >= 11 is 0. The molecule has 1 unspecified atom stereocenters. The van der Waals surface area contributed by atoms with Gasteiger partial charge in [-0.3, -0.25) is 0 Å². The molecule has 0 radical (unpaired) electrons. The van der Waals surface area contributed by atoms with Crippen molar-refractivity contribution in [2.75, 3.05) is 24.6 Å². The summed E-state index contributed by atoms with van der Waals surface area (Å²) in [4.78, 5) is 0.112. The monoisotopic (exact) mass is 319 g/mol. The molecule has 112 valence electrons. The Morgan fingerprint density at radius 1 is 1.15 bits per heavy atom. The van der Waals surface area contributed by atoms with Crippen molar-refractivity contribution in [1.29, 1.82) is 0 Å². The minimum atomic E-state index is -3.67. The predicted octanol–water partition coefficient (Wildman–Crippen LogP) is 0.159. The normalized spacial score (nSPS) is 21.5. The van der Waals surface area contributed by atoms with Crippen LogP contribution in [0.25, 0.3) is 0 Å². The Balaban J connectivity index is 2.22. The van der Waals surface area contributed by atoms with E-state index in [1.54, 1.807) is 19.1 Å². The molecule has 1 heterocycles. The Morgan fingerprint density at radius 3 is 2.10 bits per heavy atom. The third kappa shape index (κ3) is 3.20. The SMILES string of the molecule is CC(O)c1ccc(S(=O)(=O)N2CCS(=O)(=O)CC2)cc1. The van der Waals surface area contributed by atoms with E-state index in [9.17, 15) is 21.9 Å². The summed E-state index contributed by atoms with van der Waals surface area (Å²) in [7, 11) is -6.78. The van der Waals surface area contributed by atoms with Crippen LogP contribution in [0.4, 0.5) is 0 Å². The van der Waals surface area contributed by atoms with E-state index in [0.717, 1.165) is 0 Å². The lowest BCUT2D eigenvalue weighted by molar-refractivity contribution is 0.199. The molecule has 1 fully saturated rings. The van der Waals surface area contributed by atoms with Gasteiger partial charge in [0.1, 0.15) is 0 Å². The van der Waals surface area contributed by atoms with Crippen LogP contribution in [-0.2, 0) is 19.9 Å². The maximum atomic E-state index is 12.3. The molecule has 2 rings (SSSR count). The van der Waals surface area contributed by atoms with E-state index in [2.05, 4.69) is 0 Å². The first-order chi connectivity index (χ1) is 9.22. The van der Waals surface area contributed by atoms with E-state index in [1.807, 2.05) is 0 Å². The first-order valence-electron chi connectivity index (χ1n) is 6.21. The van der Waals surface area contributed by atoms with Crippen LogP contribution < -0.4 is 0 Å². The van der Waals surface area contributed by atoms with Gasteiger partial charge in [0.25, 0.3) is 0 Å². The predicted molar refractivity (Wildman–Crippen MR) is 74.5 cm³/mol. The third-order valence-corrected chi connectivity index (χ3v) is 6.83. The second kappa shape index (κ2) is 5.44. The summed E-state index contributed by atoms with van der Waals surface area (Å²) in [6.45, 7) is 1.57. The lowest BCUT2D eigenvalue weighted by atomic mass is 10.1. The van der Waals surface area contributed by atoms with Gasteiger partial charge in [-0.25, -0.2) is 16.8 Å². The number of sulfone groups is 1. The van der Waals surface area contributed by atoms with Crippen molar-refractivity contribution in [2.45, 2.75) is 17.9 Å². The highest BCUT2D eigenvalue weighted by Gasteiger charge is 2.31. The number of sulfonamides is 1. The number of aliphatic hydroxyl groups is 1. The fourth-order valence-corrected chi connectivity index (χ4v) is 4.88. The maximum absolute atomic E-state index is 12.3. The van der Waals surface area contributed by atoms with Gasteiger partial charge in [0, 0.05) is 13.1 Å². The summed E-state index contributed by atoms with van der Waals surface area (Å²) in [5.74, 6) is -0.282. The topological polar surface area (TPSA) is 91.8 Å². The van der Waals surface area contributed by atoms with E-state index in [-0.39, 0.29) is 29.5 Å². The first kappa shape index (κ1) is 15.4. The van der Waals surface area contributed by atoms with Gasteiger partial charge in [-0.2, -0.15) is 4.31 Å². The van der Waals surface area contributed by atoms with E-state index in [4.69, 9.17) is 0 Å². The summed E-state index contributed by atoms with van der Waals surface area (Å²) < 4.78 is 48.5. The number of nitrogens with zero attached hydrogens (tertiary/aromatic N) is 1. The van der Waals surface area contributed by atoms with Crippen molar-refractivity contribution in [1.82, 2.24) is 4.31 Å². The van der Waals surface area contributed by atoms with Crippen molar-refractivity contribution >= 4 is 19.9 Å². The highest BCUT2D eigenvalue weighted by atomic mass is 32.2. The zero-order valence-corrected chi connectivity index (χ0v) is 12.7. The van der Waals surface area contributed by atoms with Crippen LogP contribution in [0.3, 0.4) is 0 Å². The average molecular weight is 319 g/mol. The number of hydrogen-bond acceptors (Lipinski definition) is 5. The highest BCUT2D eigenvalue weighted by Crippen LogP contribution is 2.20. The zero-order chi connectivity index (χ0) is 15.0. The fraction of sp³-hybridized carbons (Fsp3) is 0.500. The maximum Gasteiger partial charge on any atom is 0.243 e. The summed E-state index contributed by atoms with van der Waals surface area (Å²) in [5.41, 5.74) is 0.630. The van der Waals surface area contributed by atoms with Gasteiger partial charge in [-0.05, 0) is 24.6 Å². The summed E-state index contributed by atoms with van der Waals surface area (Å²) in [6.07, 6.45) is -0.660. The molecule has 0 amide bonds. The molecule has 6 nitrogen and oxygen atoms in total. The van der Waals surface area contributed by atoms with Crippen molar-refractivity contribution < 1.29 is 21.9 Å². The molecule has 0 bridgehead atoms. The molecular formula is C12H17NO5S2. The molecule has 1 saturated heterocycles. The van der Waals surface area contributed by atoms with Gasteiger partial charge in [0.05, 0.1) is 22.5 Å². The molecule has 1 aliphatic rings.